The first kappa shape index (κ1) is 16.0. The molecule has 0 radical (unpaired) electrons. The quantitative estimate of drug-likeness (QED) is 0.808. The van der Waals surface area contributed by atoms with Gasteiger partial charge in [-0.15, -0.1) is 16.1 Å². The average Bonchev–Trinajstić information content (AvgIpc) is 2.86. The minimum atomic E-state index is -1.10. The zero-order valence-corrected chi connectivity index (χ0v) is 15.1. The number of halogens is 1. The molecule has 21 heavy (non-hydrogen) atoms. The van der Waals surface area contributed by atoms with E-state index in [-0.39, 0.29) is 16.2 Å². The van der Waals surface area contributed by atoms with Crippen molar-refractivity contribution in [2.45, 2.75) is 50.8 Å². The molecule has 2 N–H and O–H groups in total. The molecule has 4 nitrogen and oxygen atoms in total. The Morgan fingerprint density at radius 2 is 2.10 bits per heavy atom. The van der Waals surface area contributed by atoms with E-state index < -0.39 is 11.4 Å². The third-order valence-corrected chi connectivity index (χ3v) is 7.22. The van der Waals surface area contributed by atoms with E-state index in [1.165, 1.54) is 4.88 Å². The molecule has 1 aliphatic carbocycles. The Bertz CT molecular complexity index is 523. The standard InChI is InChI=1S/C14H22ClN3OS2/c1-13(2,3)21(19)18-11-10-9(20-12(15)17-10)8-14(11)4-6-16-7-5-14/h11,16,18H,4-8H2,1-3H3. The minimum absolute atomic E-state index is 0.0541. The topological polar surface area (TPSA) is 60.0 Å². The first-order valence-corrected chi connectivity index (χ1v) is 9.70. The summed E-state index contributed by atoms with van der Waals surface area (Å²) in [4.78, 5) is 5.79. The summed E-state index contributed by atoms with van der Waals surface area (Å²) in [7, 11) is 0. The van der Waals surface area contributed by atoms with E-state index in [0.29, 0.717) is 4.47 Å². The monoisotopic (exact) mass is 347 g/mol. The number of fused-ring (bicyclic) bond motifs is 1. The van der Waals surface area contributed by atoms with Crippen LogP contribution in [0.5, 0.6) is 0 Å². The molecule has 0 bridgehead atoms. The fourth-order valence-corrected chi connectivity index (χ4v) is 5.53. The Balaban J connectivity index is 1.90. The number of thiazole rings is 1. The molecule has 1 fully saturated rings. The lowest BCUT2D eigenvalue weighted by molar-refractivity contribution is 0.162. The van der Waals surface area contributed by atoms with Gasteiger partial charge >= 0.3 is 0 Å². The number of piperidine rings is 1. The molecule has 1 spiro atoms. The Kier molecular flexibility index (Phi) is 4.31. The van der Waals surface area contributed by atoms with Crippen LogP contribution < -0.4 is 10.0 Å². The van der Waals surface area contributed by atoms with Crippen LogP contribution in [-0.2, 0) is 17.8 Å². The molecule has 2 atom stereocenters. The summed E-state index contributed by atoms with van der Waals surface area (Å²) in [6.45, 7) is 8.02. The van der Waals surface area contributed by atoms with E-state index in [1.807, 2.05) is 20.8 Å². The van der Waals surface area contributed by atoms with E-state index in [0.717, 1.165) is 38.0 Å². The number of rotatable bonds is 2. The Hall–Kier alpha value is 0.150. The molecule has 2 unspecified atom stereocenters. The van der Waals surface area contributed by atoms with Gasteiger partial charge in [0.05, 0.1) is 5.69 Å². The second-order valence-electron chi connectivity index (χ2n) is 7.00. The van der Waals surface area contributed by atoms with Gasteiger partial charge in [0.25, 0.3) is 0 Å². The second kappa shape index (κ2) is 5.65. The highest BCUT2D eigenvalue weighted by Crippen LogP contribution is 2.53. The third kappa shape index (κ3) is 2.99. The molecule has 2 heterocycles. The molecule has 3 rings (SSSR count). The van der Waals surface area contributed by atoms with Crippen LogP contribution in [-0.4, -0.2) is 27.4 Å². The van der Waals surface area contributed by atoms with Crippen LogP contribution in [0.25, 0.3) is 0 Å². The fourth-order valence-electron chi connectivity index (χ4n) is 3.25. The second-order valence-corrected chi connectivity index (χ2v) is 10.7. The zero-order valence-electron chi connectivity index (χ0n) is 12.7. The predicted molar refractivity (Wildman–Crippen MR) is 89.1 cm³/mol. The molecule has 1 saturated heterocycles. The van der Waals surface area contributed by atoms with E-state index >= 15 is 0 Å². The highest BCUT2D eigenvalue weighted by atomic mass is 35.5. The van der Waals surface area contributed by atoms with Crippen molar-refractivity contribution in [1.29, 1.82) is 0 Å². The van der Waals surface area contributed by atoms with Crippen molar-refractivity contribution >= 4 is 34.3 Å². The molecular formula is C14H22ClN3OS2. The number of aromatic nitrogens is 1. The first-order chi connectivity index (χ1) is 9.82. The van der Waals surface area contributed by atoms with Gasteiger partial charge < -0.3 is 9.87 Å². The maximum Gasteiger partial charge on any atom is 0.184 e. The van der Waals surface area contributed by atoms with Crippen LogP contribution in [0.2, 0.25) is 4.47 Å². The van der Waals surface area contributed by atoms with Crippen molar-refractivity contribution in [2.75, 3.05) is 13.1 Å². The van der Waals surface area contributed by atoms with Gasteiger partial charge in [-0.25, -0.2) is 4.98 Å². The summed E-state index contributed by atoms with van der Waals surface area (Å²) in [5, 5.41) is 3.42. The highest BCUT2D eigenvalue weighted by molar-refractivity contribution is 7.90. The number of hydrogen-bond donors (Lipinski definition) is 2. The molecule has 1 aromatic rings. The average molecular weight is 348 g/mol. The molecule has 0 amide bonds. The molecule has 0 saturated carbocycles. The summed E-state index contributed by atoms with van der Waals surface area (Å²) in [5.41, 5.74) is 1.18. The maximum atomic E-state index is 12.6. The minimum Gasteiger partial charge on any atom is -0.598 e. The van der Waals surface area contributed by atoms with Crippen LogP contribution in [0.4, 0.5) is 0 Å². The Morgan fingerprint density at radius 3 is 2.71 bits per heavy atom. The number of hydrogen-bond acceptors (Lipinski definition) is 5. The lowest BCUT2D eigenvalue weighted by Gasteiger charge is -2.40. The van der Waals surface area contributed by atoms with Crippen molar-refractivity contribution in [2.24, 2.45) is 5.41 Å². The van der Waals surface area contributed by atoms with Gasteiger partial charge in [-0.3, -0.25) is 0 Å². The van der Waals surface area contributed by atoms with E-state index in [1.54, 1.807) is 11.3 Å². The lowest BCUT2D eigenvalue weighted by atomic mass is 9.74. The summed E-state index contributed by atoms with van der Waals surface area (Å²) in [6.07, 6.45) is 3.19. The smallest absolute Gasteiger partial charge is 0.184 e. The van der Waals surface area contributed by atoms with Crippen molar-refractivity contribution in [3.63, 3.8) is 0 Å². The molecule has 2 aliphatic rings. The van der Waals surface area contributed by atoms with Crippen molar-refractivity contribution < 1.29 is 4.55 Å². The normalized spacial score (nSPS) is 26.0. The SMILES string of the molecule is CC(C)(C)[S+]([O-])NC1c2nc(Cl)sc2CC12CCNCC2. The van der Waals surface area contributed by atoms with Gasteiger partial charge in [0.15, 0.2) is 4.47 Å². The lowest BCUT2D eigenvalue weighted by Crippen LogP contribution is -2.49. The number of nitrogens with one attached hydrogen (secondary N) is 2. The van der Waals surface area contributed by atoms with Crippen LogP contribution in [0.3, 0.4) is 0 Å². The Labute approximate surface area is 138 Å². The summed E-state index contributed by atoms with van der Waals surface area (Å²) in [6, 6.07) is 0.0541. The maximum absolute atomic E-state index is 12.6. The fraction of sp³-hybridized carbons (Fsp3) is 0.786. The molecule has 0 aromatic carbocycles. The van der Waals surface area contributed by atoms with Gasteiger partial charge in [0.2, 0.25) is 0 Å². The van der Waals surface area contributed by atoms with E-state index in [2.05, 4.69) is 15.0 Å². The van der Waals surface area contributed by atoms with Crippen molar-refractivity contribution in [3.8, 4) is 0 Å². The molecular weight excluding hydrogens is 326 g/mol. The van der Waals surface area contributed by atoms with E-state index in [4.69, 9.17) is 11.6 Å². The zero-order chi connectivity index (χ0) is 15.3. The predicted octanol–water partition coefficient (Wildman–Crippen LogP) is 2.82. The Morgan fingerprint density at radius 1 is 1.43 bits per heavy atom. The highest BCUT2D eigenvalue weighted by Gasteiger charge is 2.51. The van der Waals surface area contributed by atoms with Crippen LogP contribution >= 0.6 is 22.9 Å². The van der Waals surface area contributed by atoms with Gasteiger partial charge in [-0.2, -0.15) is 0 Å². The van der Waals surface area contributed by atoms with Crippen LogP contribution in [0.1, 0.15) is 50.2 Å². The number of nitrogens with zero attached hydrogens (tertiary/aromatic N) is 1. The molecule has 7 heteroatoms. The summed E-state index contributed by atoms with van der Waals surface area (Å²) in [5.74, 6) is 0. The summed E-state index contributed by atoms with van der Waals surface area (Å²) >= 11 is 6.56. The van der Waals surface area contributed by atoms with Crippen molar-refractivity contribution in [3.05, 3.63) is 15.0 Å². The third-order valence-electron chi connectivity index (χ3n) is 4.48. The van der Waals surface area contributed by atoms with Gasteiger partial charge in [0.1, 0.15) is 10.8 Å². The van der Waals surface area contributed by atoms with E-state index in [9.17, 15) is 4.55 Å². The van der Waals surface area contributed by atoms with Crippen LogP contribution in [0, 0.1) is 5.41 Å². The molecule has 1 aromatic heterocycles. The first-order valence-electron chi connectivity index (χ1n) is 7.36. The van der Waals surface area contributed by atoms with Crippen molar-refractivity contribution in [1.82, 2.24) is 15.0 Å². The largest absolute Gasteiger partial charge is 0.598 e. The van der Waals surface area contributed by atoms with Gasteiger partial charge in [-0.1, -0.05) is 11.6 Å². The summed E-state index contributed by atoms with van der Waals surface area (Å²) < 4.78 is 16.3. The van der Waals surface area contributed by atoms with Crippen LogP contribution in [0.15, 0.2) is 0 Å². The molecule has 1 aliphatic heterocycles. The molecule has 118 valence electrons. The van der Waals surface area contributed by atoms with Gasteiger partial charge in [0, 0.05) is 21.7 Å². The van der Waals surface area contributed by atoms with Gasteiger partial charge in [-0.05, 0) is 53.1 Å².